The number of nitrogens with zero attached hydrogens (tertiary/aromatic N) is 2. The molecule has 0 aromatic carbocycles. The molecule has 0 bridgehead atoms. The maximum absolute atomic E-state index is 5.56. The van der Waals surface area contributed by atoms with Crippen molar-refractivity contribution >= 4 is 5.96 Å². The SMILES string of the molecule is CCCCN=C(NN)N1CC2CCCC2C1. The molecule has 16 heavy (non-hydrogen) atoms. The molecule has 0 aromatic rings. The lowest BCUT2D eigenvalue weighted by Crippen LogP contribution is -2.44. The van der Waals surface area contributed by atoms with Gasteiger partial charge < -0.3 is 4.90 Å². The fourth-order valence-electron chi connectivity index (χ4n) is 2.99. The minimum Gasteiger partial charge on any atom is -0.341 e. The van der Waals surface area contributed by atoms with Crippen molar-refractivity contribution in [3.05, 3.63) is 0 Å². The second kappa shape index (κ2) is 5.53. The first kappa shape index (κ1) is 11.7. The van der Waals surface area contributed by atoms with Crippen LogP contribution in [0.25, 0.3) is 0 Å². The van der Waals surface area contributed by atoms with Crippen LogP contribution in [0.4, 0.5) is 0 Å². The van der Waals surface area contributed by atoms with Crippen molar-refractivity contribution in [2.24, 2.45) is 22.7 Å². The number of hydrogen-bond acceptors (Lipinski definition) is 2. The number of hydrogen-bond donors (Lipinski definition) is 2. The van der Waals surface area contributed by atoms with Gasteiger partial charge in [-0.2, -0.15) is 0 Å². The van der Waals surface area contributed by atoms with Crippen LogP contribution < -0.4 is 11.3 Å². The second-order valence-electron chi connectivity index (χ2n) is 5.06. The zero-order valence-electron chi connectivity index (χ0n) is 10.3. The normalized spacial score (nSPS) is 29.6. The molecule has 1 saturated carbocycles. The Bertz CT molecular complexity index is 239. The van der Waals surface area contributed by atoms with Crippen molar-refractivity contribution in [3.63, 3.8) is 0 Å². The summed E-state index contributed by atoms with van der Waals surface area (Å²) < 4.78 is 0. The van der Waals surface area contributed by atoms with Gasteiger partial charge in [0.1, 0.15) is 0 Å². The summed E-state index contributed by atoms with van der Waals surface area (Å²) in [5, 5.41) is 0. The van der Waals surface area contributed by atoms with Crippen LogP contribution in [-0.4, -0.2) is 30.5 Å². The third-order valence-electron chi connectivity index (χ3n) is 3.93. The molecule has 1 heterocycles. The van der Waals surface area contributed by atoms with Crippen LogP contribution in [0.15, 0.2) is 4.99 Å². The number of likely N-dealkylation sites (tertiary alicyclic amines) is 1. The Balaban J connectivity index is 1.88. The van der Waals surface area contributed by atoms with Crippen molar-refractivity contribution in [1.82, 2.24) is 10.3 Å². The number of nitrogens with one attached hydrogen (secondary N) is 1. The molecule has 0 amide bonds. The largest absolute Gasteiger partial charge is 0.341 e. The van der Waals surface area contributed by atoms with E-state index in [2.05, 4.69) is 22.2 Å². The number of hydrazine groups is 1. The zero-order chi connectivity index (χ0) is 11.4. The molecule has 4 nitrogen and oxygen atoms in total. The number of aliphatic imine (C=N–C) groups is 1. The summed E-state index contributed by atoms with van der Waals surface area (Å²) in [6, 6.07) is 0. The van der Waals surface area contributed by atoms with Gasteiger partial charge in [-0.05, 0) is 31.1 Å². The van der Waals surface area contributed by atoms with Gasteiger partial charge in [0, 0.05) is 19.6 Å². The van der Waals surface area contributed by atoms with Crippen molar-refractivity contribution in [2.45, 2.75) is 39.0 Å². The van der Waals surface area contributed by atoms with Crippen molar-refractivity contribution in [3.8, 4) is 0 Å². The van der Waals surface area contributed by atoms with Crippen LogP contribution in [0.5, 0.6) is 0 Å². The van der Waals surface area contributed by atoms with Gasteiger partial charge in [0.05, 0.1) is 0 Å². The molecule has 0 spiro atoms. The summed E-state index contributed by atoms with van der Waals surface area (Å²) in [5.41, 5.74) is 2.77. The van der Waals surface area contributed by atoms with E-state index in [4.69, 9.17) is 5.84 Å². The lowest BCUT2D eigenvalue weighted by molar-refractivity contribution is 0.445. The fraction of sp³-hybridized carbons (Fsp3) is 0.917. The number of guanidine groups is 1. The first-order chi connectivity index (χ1) is 7.85. The van der Waals surface area contributed by atoms with E-state index in [1.54, 1.807) is 0 Å². The average molecular weight is 224 g/mol. The second-order valence-corrected chi connectivity index (χ2v) is 5.06. The molecule has 0 aromatic heterocycles. The van der Waals surface area contributed by atoms with Crippen LogP contribution in [0, 0.1) is 11.8 Å². The first-order valence-corrected chi connectivity index (χ1v) is 6.61. The Morgan fingerprint density at radius 1 is 1.38 bits per heavy atom. The van der Waals surface area contributed by atoms with Gasteiger partial charge in [-0.15, -0.1) is 0 Å². The van der Waals surface area contributed by atoms with E-state index in [1.165, 1.54) is 25.7 Å². The molecule has 3 N–H and O–H groups in total. The van der Waals surface area contributed by atoms with Gasteiger partial charge in [-0.3, -0.25) is 10.4 Å². The minimum absolute atomic E-state index is 0.891. The molecule has 0 radical (unpaired) electrons. The van der Waals surface area contributed by atoms with Crippen molar-refractivity contribution in [1.29, 1.82) is 0 Å². The zero-order valence-corrected chi connectivity index (χ0v) is 10.3. The number of fused-ring (bicyclic) bond motifs is 1. The van der Waals surface area contributed by atoms with E-state index in [9.17, 15) is 0 Å². The predicted molar refractivity (Wildman–Crippen MR) is 66.9 cm³/mol. The van der Waals surface area contributed by atoms with E-state index < -0.39 is 0 Å². The Morgan fingerprint density at radius 2 is 2.06 bits per heavy atom. The summed E-state index contributed by atoms with van der Waals surface area (Å²) >= 11 is 0. The van der Waals surface area contributed by atoms with E-state index >= 15 is 0 Å². The highest BCUT2D eigenvalue weighted by Gasteiger charge is 2.37. The standard InChI is InChI=1S/C12H24N4/c1-2-3-7-14-12(15-13)16-8-10-5-4-6-11(10)9-16/h10-11H,2-9,13H2,1H3,(H,14,15). The van der Waals surface area contributed by atoms with Crippen molar-refractivity contribution in [2.75, 3.05) is 19.6 Å². The molecule has 1 aliphatic carbocycles. The smallest absolute Gasteiger partial charge is 0.208 e. The van der Waals surface area contributed by atoms with Gasteiger partial charge in [0.15, 0.2) is 0 Å². The highest BCUT2D eigenvalue weighted by molar-refractivity contribution is 5.79. The van der Waals surface area contributed by atoms with Crippen molar-refractivity contribution < 1.29 is 0 Å². The first-order valence-electron chi connectivity index (χ1n) is 6.61. The summed E-state index contributed by atoms with van der Waals surface area (Å²) in [6.45, 7) is 5.38. The molecule has 2 unspecified atom stereocenters. The van der Waals surface area contributed by atoms with Gasteiger partial charge >= 0.3 is 0 Å². The molecule has 2 rings (SSSR count). The number of nitrogens with two attached hydrogens (primary N) is 1. The Morgan fingerprint density at radius 3 is 2.62 bits per heavy atom. The van der Waals surface area contributed by atoms with E-state index in [0.717, 1.165) is 43.9 Å². The Hall–Kier alpha value is -0.770. The summed E-state index contributed by atoms with van der Waals surface area (Å²) in [5.74, 6) is 8.25. The molecule has 1 saturated heterocycles. The van der Waals surface area contributed by atoms with Crippen LogP contribution >= 0.6 is 0 Å². The lowest BCUT2D eigenvalue weighted by atomic mass is 10.0. The molecule has 1 aliphatic heterocycles. The average Bonchev–Trinajstić information content (AvgIpc) is 2.84. The molecule has 4 heteroatoms. The Labute approximate surface area is 98.3 Å². The van der Waals surface area contributed by atoms with E-state index in [0.29, 0.717) is 0 Å². The topological polar surface area (TPSA) is 53.6 Å². The molecule has 92 valence electrons. The molecular weight excluding hydrogens is 200 g/mol. The fourth-order valence-corrected chi connectivity index (χ4v) is 2.99. The third-order valence-corrected chi connectivity index (χ3v) is 3.93. The summed E-state index contributed by atoms with van der Waals surface area (Å²) in [7, 11) is 0. The maximum atomic E-state index is 5.56. The number of rotatable bonds is 3. The molecule has 2 fully saturated rings. The van der Waals surface area contributed by atoms with Crippen LogP contribution in [-0.2, 0) is 0 Å². The molecular formula is C12H24N4. The minimum atomic E-state index is 0.891. The monoisotopic (exact) mass is 224 g/mol. The van der Waals surface area contributed by atoms with Gasteiger partial charge in [-0.25, -0.2) is 5.84 Å². The van der Waals surface area contributed by atoms with Crippen LogP contribution in [0.3, 0.4) is 0 Å². The highest BCUT2D eigenvalue weighted by Crippen LogP contribution is 2.37. The third kappa shape index (κ3) is 2.48. The Kier molecular flexibility index (Phi) is 4.04. The van der Waals surface area contributed by atoms with Gasteiger partial charge in [-0.1, -0.05) is 19.8 Å². The molecule has 2 atom stereocenters. The van der Waals surface area contributed by atoms with E-state index in [-0.39, 0.29) is 0 Å². The summed E-state index contributed by atoms with van der Waals surface area (Å²) in [4.78, 5) is 6.89. The highest BCUT2D eigenvalue weighted by atomic mass is 15.4. The summed E-state index contributed by atoms with van der Waals surface area (Å²) in [6.07, 6.45) is 6.54. The number of unbranched alkanes of at least 4 members (excludes halogenated alkanes) is 1. The van der Waals surface area contributed by atoms with Crippen LogP contribution in [0.1, 0.15) is 39.0 Å². The van der Waals surface area contributed by atoms with E-state index in [1.807, 2.05) is 0 Å². The van der Waals surface area contributed by atoms with Gasteiger partial charge in [0.2, 0.25) is 5.96 Å². The van der Waals surface area contributed by atoms with Crippen LogP contribution in [0.2, 0.25) is 0 Å². The maximum Gasteiger partial charge on any atom is 0.208 e. The molecule has 2 aliphatic rings. The van der Waals surface area contributed by atoms with Gasteiger partial charge in [0.25, 0.3) is 0 Å². The predicted octanol–water partition coefficient (Wildman–Crippen LogP) is 1.34. The lowest BCUT2D eigenvalue weighted by Gasteiger charge is -2.20. The quantitative estimate of drug-likeness (QED) is 0.250.